The molecule has 0 bridgehead atoms. The van der Waals surface area contributed by atoms with Crippen LogP contribution in [0.15, 0.2) is 53.3 Å². The molecule has 0 saturated carbocycles. The Bertz CT molecular complexity index is 1170. The highest BCUT2D eigenvalue weighted by atomic mass is 19.4. The molecule has 4 rings (SSSR count). The first-order valence-electron chi connectivity index (χ1n) is 8.80. The van der Waals surface area contributed by atoms with Gasteiger partial charge < -0.3 is 19.5 Å². The molecule has 3 aromatic heterocycles. The summed E-state index contributed by atoms with van der Waals surface area (Å²) in [6.07, 6.45) is -1.59. The summed E-state index contributed by atoms with van der Waals surface area (Å²) in [6, 6.07) is 8.97. The van der Waals surface area contributed by atoms with Crippen molar-refractivity contribution in [3.8, 4) is 28.6 Å². The van der Waals surface area contributed by atoms with Crippen molar-refractivity contribution in [2.45, 2.75) is 13.1 Å². The fraction of sp³-hybridized carbons (Fsp3) is 0.150. The molecule has 0 spiro atoms. The molecule has 0 unspecified atom stereocenters. The maximum atomic E-state index is 13.3. The summed E-state index contributed by atoms with van der Waals surface area (Å²) in [7, 11) is 1.49. The molecule has 7 nitrogen and oxygen atoms in total. The number of H-pyrrole nitrogens is 1. The van der Waals surface area contributed by atoms with Crippen molar-refractivity contribution in [2.24, 2.45) is 0 Å². The van der Waals surface area contributed by atoms with Gasteiger partial charge in [-0.2, -0.15) is 13.2 Å². The number of alkyl halides is 3. The molecule has 154 valence electrons. The van der Waals surface area contributed by atoms with Crippen molar-refractivity contribution in [3.05, 3.63) is 60.2 Å². The number of benzene rings is 1. The highest BCUT2D eigenvalue weighted by Crippen LogP contribution is 2.34. The van der Waals surface area contributed by atoms with Crippen molar-refractivity contribution in [1.82, 2.24) is 19.9 Å². The van der Waals surface area contributed by atoms with E-state index in [2.05, 4.69) is 25.3 Å². The largest absolute Gasteiger partial charge is 0.496 e. The van der Waals surface area contributed by atoms with E-state index in [9.17, 15) is 13.2 Å². The highest BCUT2D eigenvalue weighted by Gasteiger charge is 2.34. The number of methoxy groups -OCH3 is 1. The summed E-state index contributed by atoms with van der Waals surface area (Å²) < 4.78 is 50.5. The van der Waals surface area contributed by atoms with Gasteiger partial charge >= 0.3 is 6.18 Å². The second-order valence-corrected chi connectivity index (χ2v) is 6.39. The Labute approximate surface area is 169 Å². The van der Waals surface area contributed by atoms with Crippen LogP contribution in [0.4, 0.5) is 24.8 Å². The van der Waals surface area contributed by atoms with Crippen LogP contribution in [0.1, 0.15) is 11.4 Å². The molecular formula is C20H16F3N5O2. The van der Waals surface area contributed by atoms with Crippen LogP contribution in [0.3, 0.4) is 0 Å². The van der Waals surface area contributed by atoms with Gasteiger partial charge in [0.05, 0.1) is 18.9 Å². The predicted octanol–water partition coefficient (Wildman–Crippen LogP) is 5.21. The number of anilines is 2. The lowest BCUT2D eigenvalue weighted by Crippen LogP contribution is -2.11. The number of hydrogen-bond acceptors (Lipinski definition) is 6. The van der Waals surface area contributed by atoms with Crippen molar-refractivity contribution in [3.63, 3.8) is 0 Å². The molecule has 30 heavy (non-hydrogen) atoms. The third-order valence-electron chi connectivity index (χ3n) is 4.21. The number of imidazole rings is 1. The predicted molar refractivity (Wildman–Crippen MR) is 103 cm³/mol. The summed E-state index contributed by atoms with van der Waals surface area (Å²) in [5.74, 6) is 1.07. The minimum absolute atomic E-state index is 0.0134. The normalized spacial score (nSPS) is 11.5. The number of aromatic nitrogens is 4. The molecule has 0 fully saturated rings. The van der Waals surface area contributed by atoms with E-state index in [1.165, 1.54) is 19.4 Å². The molecule has 10 heteroatoms. The molecule has 2 N–H and O–H groups in total. The molecule has 0 aliphatic rings. The van der Waals surface area contributed by atoms with Gasteiger partial charge in [0, 0.05) is 23.6 Å². The monoisotopic (exact) mass is 415 g/mol. The van der Waals surface area contributed by atoms with Crippen LogP contribution in [0.2, 0.25) is 0 Å². The van der Waals surface area contributed by atoms with Gasteiger partial charge in [0.1, 0.15) is 17.3 Å². The lowest BCUT2D eigenvalue weighted by atomic mass is 10.1. The summed E-state index contributed by atoms with van der Waals surface area (Å²) in [4.78, 5) is 15.1. The van der Waals surface area contributed by atoms with Gasteiger partial charge in [0.15, 0.2) is 11.5 Å². The van der Waals surface area contributed by atoms with Crippen LogP contribution in [0.5, 0.6) is 5.75 Å². The topological polar surface area (TPSA) is 88.9 Å². The Hall–Kier alpha value is -3.82. The van der Waals surface area contributed by atoms with Crippen molar-refractivity contribution < 1.29 is 22.3 Å². The number of hydrogen-bond donors (Lipinski definition) is 2. The van der Waals surface area contributed by atoms with Gasteiger partial charge in [-0.3, -0.25) is 0 Å². The number of rotatable bonds is 5. The first-order chi connectivity index (χ1) is 14.3. The Morgan fingerprint density at radius 3 is 2.60 bits per heavy atom. The molecule has 0 radical (unpaired) electrons. The van der Waals surface area contributed by atoms with Gasteiger partial charge in [0.25, 0.3) is 0 Å². The van der Waals surface area contributed by atoms with Crippen LogP contribution >= 0.6 is 0 Å². The van der Waals surface area contributed by atoms with Crippen LogP contribution in [0.25, 0.3) is 22.8 Å². The van der Waals surface area contributed by atoms with E-state index in [1.807, 2.05) is 6.92 Å². The minimum Gasteiger partial charge on any atom is -0.496 e. The van der Waals surface area contributed by atoms with Crippen LogP contribution in [-0.4, -0.2) is 27.0 Å². The number of furan rings is 1. The quantitative estimate of drug-likeness (QED) is 0.465. The van der Waals surface area contributed by atoms with E-state index in [1.54, 1.807) is 30.5 Å². The molecule has 0 atom stereocenters. The van der Waals surface area contributed by atoms with Crippen LogP contribution in [0, 0.1) is 6.92 Å². The minimum atomic E-state index is -4.64. The maximum absolute atomic E-state index is 13.3. The average Bonchev–Trinajstić information content (AvgIpc) is 3.39. The van der Waals surface area contributed by atoms with Gasteiger partial charge in [-0.25, -0.2) is 15.0 Å². The zero-order valence-electron chi connectivity index (χ0n) is 15.9. The first-order valence-corrected chi connectivity index (χ1v) is 8.80. The van der Waals surface area contributed by atoms with Crippen molar-refractivity contribution >= 4 is 11.6 Å². The fourth-order valence-electron chi connectivity index (χ4n) is 2.84. The standard InChI is InChI=1S/C20H16F3N5O2/c1-11-10-24-18(25-11)13-6-5-12(8-16(13)29-2)26-19-27-14(15-4-3-7-30-15)9-17(28-19)20(21,22)23/h3-10H,1-2H3,(H,24,25)(H,26,27,28). The Kier molecular flexibility index (Phi) is 4.90. The first kappa shape index (κ1) is 19.5. The van der Waals surface area contributed by atoms with Gasteiger partial charge in [-0.1, -0.05) is 0 Å². The van der Waals surface area contributed by atoms with Crippen molar-refractivity contribution in [1.29, 1.82) is 0 Å². The molecule has 0 amide bonds. The Morgan fingerprint density at radius 1 is 1.13 bits per heavy atom. The maximum Gasteiger partial charge on any atom is 0.433 e. The summed E-state index contributed by atoms with van der Waals surface area (Å²) in [5.41, 5.74) is 0.971. The van der Waals surface area contributed by atoms with Gasteiger partial charge in [-0.05, 0) is 37.3 Å². The van der Waals surface area contributed by atoms with Crippen LogP contribution in [-0.2, 0) is 6.18 Å². The smallest absolute Gasteiger partial charge is 0.433 e. The SMILES string of the molecule is COc1cc(Nc2nc(-c3ccco3)cc(C(F)(F)F)n2)ccc1-c1ncc(C)[nH]1. The zero-order chi connectivity index (χ0) is 21.3. The lowest BCUT2D eigenvalue weighted by molar-refractivity contribution is -0.141. The van der Waals surface area contributed by atoms with Gasteiger partial charge in [0.2, 0.25) is 5.95 Å². The number of ether oxygens (including phenoxy) is 1. The zero-order valence-corrected chi connectivity index (χ0v) is 15.9. The van der Waals surface area contributed by atoms with E-state index >= 15 is 0 Å². The van der Waals surface area contributed by atoms with E-state index in [0.717, 1.165) is 11.8 Å². The molecule has 3 heterocycles. The highest BCUT2D eigenvalue weighted by molar-refractivity contribution is 5.70. The molecule has 0 saturated heterocycles. The summed E-state index contributed by atoms with van der Waals surface area (Å²) in [6.45, 7) is 1.88. The number of aryl methyl sites for hydroxylation is 1. The summed E-state index contributed by atoms with van der Waals surface area (Å²) in [5, 5.41) is 2.80. The molecule has 1 aromatic carbocycles. The summed E-state index contributed by atoms with van der Waals surface area (Å²) >= 11 is 0. The number of aromatic amines is 1. The lowest BCUT2D eigenvalue weighted by Gasteiger charge is -2.13. The molecule has 4 aromatic rings. The Morgan fingerprint density at radius 2 is 1.97 bits per heavy atom. The van der Waals surface area contributed by atoms with Gasteiger partial charge in [-0.15, -0.1) is 0 Å². The third-order valence-corrected chi connectivity index (χ3v) is 4.21. The van der Waals surface area contributed by atoms with Crippen LogP contribution < -0.4 is 10.1 Å². The molecule has 0 aliphatic carbocycles. The molecular weight excluding hydrogens is 399 g/mol. The van der Waals surface area contributed by atoms with E-state index in [4.69, 9.17) is 9.15 Å². The molecule has 0 aliphatic heterocycles. The second kappa shape index (κ2) is 7.54. The fourth-order valence-corrected chi connectivity index (χ4v) is 2.84. The second-order valence-electron chi connectivity index (χ2n) is 6.39. The number of nitrogens with one attached hydrogen (secondary N) is 2. The van der Waals surface area contributed by atoms with E-state index < -0.39 is 11.9 Å². The Balaban J connectivity index is 1.71. The van der Waals surface area contributed by atoms with E-state index in [0.29, 0.717) is 22.8 Å². The van der Waals surface area contributed by atoms with Crippen molar-refractivity contribution in [2.75, 3.05) is 12.4 Å². The average molecular weight is 415 g/mol. The van der Waals surface area contributed by atoms with E-state index in [-0.39, 0.29) is 17.4 Å². The number of halogens is 3. The third kappa shape index (κ3) is 3.97. The number of nitrogens with zero attached hydrogens (tertiary/aromatic N) is 3.